The van der Waals surface area contributed by atoms with Crippen LogP contribution in [-0.4, -0.2) is 48.3 Å². The van der Waals surface area contributed by atoms with Crippen molar-refractivity contribution in [3.8, 4) is 0 Å². The molecule has 1 aromatic heterocycles. The molecule has 1 unspecified atom stereocenters. The zero-order valence-electron chi connectivity index (χ0n) is 15.6. The highest BCUT2D eigenvalue weighted by Gasteiger charge is 2.32. The Morgan fingerprint density at radius 3 is 2.48 bits per heavy atom. The van der Waals surface area contributed by atoms with Crippen LogP contribution in [0.5, 0.6) is 0 Å². The van der Waals surface area contributed by atoms with Gasteiger partial charge in [0, 0.05) is 25.6 Å². The number of furan rings is 1. The number of anilines is 1. The number of hydrogen-bond donors (Lipinski definition) is 1. The zero-order chi connectivity index (χ0) is 18.8. The van der Waals surface area contributed by atoms with Crippen LogP contribution >= 0.6 is 0 Å². The summed E-state index contributed by atoms with van der Waals surface area (Å²) in [5.41, 5.74) is -0.143. The minimum atomic E-state index is -0.653. The Labute approximate surface area is 148 Å². The molecule has 7 heteroatoms. The van der Waals surface area contributed by atoms with Crippen molar-refractivity contribution in [2.24, 2.45) is 5.41 Å². The number of amides is 3. The molecule has 0 spiro atoms. The molecule has 1 aliphatic heterocycles. The molecule has 2 heterocycles. The molecule has 0 aliphatic carbocycles. The SMILES string of the molecule is Cc1ccc(N2CCN(C(=O)C(C)NC(=O)CC(C)(C)C)CC2=O)o1. The summed E-state index contributed by atoms with van der Waals surface area (Å²) in [7, 11) is 0. The maximum Gasteiger partial charge on any atom is 0.248 e. The molecule has 0 bridgehead atoms. The Bertz CT molecular complexity index is 660. The lowest BCUT2D eigenvalue weighted by Crippen LogP contribution is -2.56. The van der Waals surface area contributed by atoms with Gasteiger partial charge in [0.05, 0.1) is 0 Å². The fraction of sp³-hybridized carbons (Fsp3) is 0.611. The second kappa shape index (κ2) is 7.29. The maximum atomic E-state index is 12.5. The molecule has 2 rings (SSSR count). The van der Waals surface area contributed by atoms with Crippen LogP contribution in [0.15, 0.2) is 16.5 Å². The van der Waals surface area contributed by atoms with E-state index in [9.17, 15) is 14.4 Å². The lowest BCUT2D eigenvalue weighted by molar-refractivity contribution is -0.140. The second-order valence-corrected chi connectivity index (χ2v) is 7.72. The summed E-state index contributed by atoms with van der Waals surface area (Å²) >= 11 is 0. The topological polar surface area (TPSA) is 82.9 Å². The van der Waals surface area contributed by atoms with E-state index >= 15 is 0 Å². The summed E-state index contributed by atoms with van der Waals surface area (Å²) in [6.07, 6.45) is 0.342. The number of carbonyl (C=O) groups excluding carboxylic acids is 3. The van der Waals surface area contributed by atoms with Crippen molar-refractivity contribution in [2.75, 3.05) is 24.5 Å². The summed E-state index contributed by atoms with van der Waals surface area (Å²) in [4.78, 5) is 39.9. The van der Waals surface area contributed by atoms with Gasteiger partial charge in [0.25, 0.3) is 0 Å². The van der Waals surface area contributed by atoms with E-state index in [1.807, 2.05) is 27.7 Å². The van der Waals surface area contributed by atoms with Crippen molar-refractivity contribution < 1.29 is 18.8 Å². The highest BCUT2D eigenvalue weighted by atomic mass is 16.4. The normalized spacial score (nSPS) is 16.8. The molecule has 7 nitrogen and oxygen atoms in total. The fourth-order valence-electron chi connectivity index (χ4n) is 2.77. The summed E-state index contributed by atoms with van der Waals surface area (Å²) in [6, 6.07) is 2.90. The highest BCUT2D eigenvalue weighted by Crippen LogP contribution is 2.21. The van der Waals surface area contributed by atoms with Crippen LogP contribution < -0.4 is 10.2 Å². The van der Waals surface area contributed by atoms with E-state index in [0.29, 0.717) is 25.4 Å². The fourth-order valence-corrected chi connectivity index (χ4v) is 2.77. The van der Waals surface area contributed by atoms with Crippen LogP contribution in [0.1, 0.15) is 39.9 Å². The van der Waals surface area contributed by atoms with Crippen molar-refractivity contribution in [3.05, 3.63) is 17.9 Å². The number of nitrogens with zero attached hydrogens (tertiary/aromatic N) is 2. The first-order chi connectivity index (χ1) is 11.6. The molecule has 1 aromatic rings. The summed E-state index contributed by atoms with van der Waals surface area (Å²) in [5, 5.41) is 2.72. The van der Waals surface area contributed by atoms with E-state index in [1.165, 1.54) is 4.90 Å². The molecule has 138 valence electrons. The molecule has 1 atom stereocenters. The van der Waals surface area contributed by atoms with Gasteiger partial charge < -0.3 is 14.6 Å². The van der Waals surface area contributed by atoms with E-state index in [1.54, 1.807) is 24.0 Å². The van der Waals surface area contributed by atoms with Crippen LogP contribution in [0.2, 0.25) is 0 Å². The summed E-state index contributed by atoms with van der Waals surface area (Å²) in [5.74, 6) is 0.634. The largest absolute Gasteiger partial charge is 0.445 e. The van der Waals surface area contributed by atoms with Crippen molar-refractivity contribution in [3.63, 3.8) is 0 Å². The predicted octanol–water partition coefficient (Wildman–Crippen LogP) is 1.70. The zero-order valence-corrected chi connectivity index (χ0v) is 15.6. The second-order valence-electron chi connectivity index (χ2n) is 7.72. The van der Waals surface area contributed by atoms with Gasteiger partial charge in [0.2, 0.25) is 23.6 Å². The molecule has 0 saturated carbocycles. The van der Waals surface area contributed by atoms with Crippen molar-refractivity contribution >= 4 is 23.6 Å². The Morgan fingerprint density at radius 2 is 1.96 bits per heavy atom. The average molecular weight is 349 g/mol. The molecule has 3 amide bonds. The van der Waals surface area contributed by atoms with E-state index in [4.69, 9.17) is 4.42 Å². The third-order valence-corrected chi connectivity index (χ3v) is 3.96. The number of piperazine rings is 1. The van der Waals surface area contributed by atoms with Gasteiger partial charge in [0.15, 0.2) is 0 Å². The standard InChI is InChI=1S/C18H27N3O4/c1-12-6-7-16(25-12)21-9-8-20(11-15(21)23)17(24)13(2)19-14(22)10-18(3,4)5/h6-7,13H,8-11H2,1-5H3,(H,19,22). The van der Waals surface area contributed by atoms with Crippen molar-refractivity contribution in [2.45, 2.75) is 47.1 Å². The lowest BCUT2D eigenvalue weighted by atomic mass is 9.92. The highest BCUT2D eigenvalue weighted by molar-refractivity contribution is 5.98. The first-order valence-electron chi connectivity index (χ1n) is 8.52. The summed E-state index contributed by atoms with van der Waals surface area (Å²) < 4.78 is 5.48. The van der Waals surface area contributed by atoms with Gasteiger partial charge in [-0.2, -0.15) is 0 Å². The molecular formula is C18H27N3O4. The van der Waals surface area contributed by atoms with Crippen LogP contribution in [0.4, 0.5) is 5.88 Å². The molecule has 1 fully saturated rings. The molecular weight excluding hydrogens is 322 g/mol. The van der Waals surface area contributed by atoms with Gasteiger partial charge in [-0.25, -0.2) is 0 Å². The monoisotopic (exact) mass is 349 g/mol. The Hall–Kier alpha value is -2.31. The third-order valence-electron chi connectivity index (χ3n) is 3.96. The lowest BCUT2D eigenvalue weighted by Gasteiger charge is -2.34. The molecule has 0 aromatic carbocycles. The van der Waals surface area contributed by atoms with Gasteiger partial charge in [-0.05, 0) is 25.3 Å². The maximum absolute atomic E-state index is 12.5. The van der Waals surface area contributed by atoms with Gasteiger partial charge in [-0.1, -0.05) is 20.8 Å². The van der Waals surface area contributed by atoms with Gasteiger partial charge in [0.1, 0.15) is 18.3 Å². The van der Waals surface area contributed by atoms with Gasteiger partial charge >= 0.3 is 0 Å². The molecule has 1 saturated heterocycles. The minimum absolute atomic E-state index is 0.0158. The first-order valence-corrected chi connectivity index (χ1v) is 8.52. The van der Waals surface area contributed by atoms with Crippen LogP contribution in [0.25, 0.3) is 0 Å². The number of nitrogens with one attached hydrogen (secondary N) is 1. The predicted molar refractivity (Wildman–Crippen MR) is 94.1 cm³/mol. The number of carbonyl (C=O) groups is 3. The molecule has 1 aliphatic rings. The Morgan fingerprint density at radius 1 is 1.28 bits per heavy atom. The summed E-state index contributed by atoms with van der Waals surface area (Å²) in [6.45, 7) is 10.1. The average Bonchev–Trinajstić information content (AvgIpc) is 2.90. The first kappa shape index (κ1) is 19.0. The van der Waals surface area contributed by atoms with Crippen LogP contribution in [0, 0.1) is 12.3 Å². The third kappa shape index (κ3) is 5.08. The smallest absolute Gasteiger partial charge is 0.248 e. The van der Waals surface area contributed by atoms with E-state index < -0.39 is 6.04 Å². The van der Waals surface area contributed by atoms with Gasteiger partial charge in [-0.3, -0.25) is 19.3 Å². The Kier molecular flexibility index (Phi) is 5.55. The van der Waals surface area contributed by atoms with Crippen molar-refractivity contribution in [1.29, 1.82) is 0 Å². The van der Waals surface area contributed by atoms with Crippen LogP contribution in [-0.2, 0) is 14.4 Å². The molecule has 25 heavy (non-hydrogen) atoms. The van der Waals surface area contributed by atoms with E-state index in [-0.39, 0.29) is 29.7 Å². The van der Waals surface area contributed by atoms with Gasteiger partial charge in [-0.15, -0.1) is 0 Å². The van der Waals surface area contributed by atoms with E-state index in [2.05, 4.69) is 5.32 Å². The quantitative estimate of drug-likeness (QED) is 0.897. The minimum Gasteiger partial charge on any atom is -0.445 e. The molecule has 1 N–H and O–H groups in total. The number of hydrogen-bond acceptors (Lipinski definition) is 4. The molecule has 0 radical (unpaired) electrons. The van der Waals surface area contributed by atoms with E-state index in [0.717, 1.165) is 5.76 Å². The van der Waals surface area contributed by atoms with Crippen LogP contribution in [0.3, 0.4) is 0 Å². The van der Waals surface area contributed by atoms with Crippen molar-refractivity contribution in [1.82, 2.24) is 10.2 Å². The number of rotatable bonds is 4. The Balaban J connectivity index is 1.91. The number of aryl methyl sites for hydroxylation is 1.